The topological polar surface area (TPSA) is 70.2 Å². The number of carbonyl (C=O) groups is 1. The van der Waals surface area contributed by atoms with Crippen molar-refractivity contribution in [1.29, 1.82) is 0 Å². The number of likely N-dealkylation sites (tertiary alicyclic amines) is 1. The smallest absolute Gasteiger partial charge is 0.251 e. The number of carbonyl (C=O) groups excluding carboxylic acids is 1. The van der Waals surface area contributed by atoms with E-state index in [2.05, 4.69) is 36.3 Å². The van der Waals surface area contributed by atoms with Gasteiger partial charge in [-0.15, -0.1) is 0 Å². The molecule has 6 nitrogen and oxygen atoms in total. The molecular weight excluding hydrogens is 328 g/mol. The fraction of sp³-hybridized carbons (Fsp3) is 0.600. The lowest BCUT2D eigenvalue weighted by molar-refractivity contribution is -0.142. The molecule has 0 aliphatic carbocycles. The second-order valence-electron chi connectivity index (χ2n) is 7.62. The van der Waals surface area contributed by atoms with Crippen molar-refractivity contribution in [1.82, 2.24) is 20.2 Å². The maximum absolute atomic E-state index is 12.4. The number of amides is 1. The average Bonchev–Trinajstić information content (AvgIpc) is 3.30. The highest BCUT2D eigenvalue weighted by atomic mass is 16.5. The zero-order valence-electron chi connectivity index (χ0n) is 15.7. The van der Waals surface area contributed by atoms with E-state index in [9.17, 15) is 4.79 Å². The Kier molecular flexibility index (Phi) is 4.96. The highest BCUT2D eigenvalue weighted by Crippen LogP contribution is 2.20. The maximum Gasteiger partial charge on any atom is 0.251 e. The molecule has 26 heavy (non-hydrogen) atoms. The van der Waals surface area contributed by atoms with Gasteiger partial charge in [0.2, 0.25) is 0 Å². The van der Waals surface area contributed by atoms with Gasteiger partial charge < -0.3 is 19.9 Å². The van der Waals surface area contributed by atoms with Crippen molar-refractivity contribution in [3.8, 4) is 0 Å². The van der Waals surface area contributed by atoms with Gasteiger partial charge in [-0.3, -0.25) is 4.79 Å². The molecule has 2 aliphatic heterocycles. The minimum absolute atomic E-state index is 0.184. The highest BCUT2D eigenvalue weighted by Gasteiger charge is 2.30. The summed E-state index contributed by atoms with van der Waals surface area (Å²) < 4.78 is 5.53. The molecule has 3 heterocycles. The number of rotatable bonds is 4. The van der Waals surface area contributed by atoms with Gasteiger partial charge in [0.15, 0.2) is 0 Å². The van der Waals surface area contributed by atoms with E-state index in [4.69, 9.17) is 9.72 Å². The molecule has 1 amide bonds. The molecule has 0 spiro atoms. The lowest BCUT2D eigenvalue weighted by Crippen LogP contribution is -2.47. The van der Waals surface area contributed by atoms with E-state index >= 15 is 0 Å². The van der Waals surface area contributed by atoms with Gasteiger partial charge in [0, 0.05) is 25.7 Å². The molecule has 4 rings (SSSR count). The molecule has 140 valence electrons. The summed E-state index contributed by atoms with van der Waals surface area (Å²) in [5.41, 5.74) is 4.68. The first-order valence-corrected chi connectivity index (χ1v) is 9.70. The van der Waals surface area contributed by atoms with E-state index in [-0.39, 0.29) is 12.0 Å². The summed E-state index contributed by atoms with van der Waals surface area (Å²) in [6, 6.07) is 4.73. The average molecular weight is 356 g/mol. The maximum atomic E-state index is 12.4. The van der Waals surface area contributed by atoms with Crippen LogP contribution in [0.3, 0.4) is 0 Å². The Morgan fingerprint density at radius 2 is 2.04 bits per heavy atom. The van der Waals surface area contributed by atoms with E-state index < -0.39 is 0 Å². The Morgan fingerprint density at radius 3 is 2.77 bits per heavy atom. The van der Waals surface area contributed by atoms with Crippen molar-refractivity contribution in [3.05, 3.63) is 29.1 Å². The Labute approximate surface area is 154 Å². The first-order chi connectivity index (χ1) is 12.6. The largest absolute Gasteiger partial charge is 0.368 e. The lowest BCUT2D eigenvalue weighted by Gasteiger charge is -2.33. The molecule has 2 N–H and O–H groups in total. The summed E-state index contributed by atoms with van der Waals surface area (Å²) in [5, 5.41) is 3.59. The molecule has 0 radical (unpaired) electrons. The number of nitrogens with one attached hydrogen (secondary N) is 2. The van der Waals surface area contributed by atoms with Crippen molar-refractivity contribution in [2.75, 3.05) is 19.7 Å². The number of nitrogens with zero attached hydrogens (tertiary/aromatic N) is 2. The number of fused-ring (bicyclic) bond motifs is 1. The quantitative estimate of drug-likeness (QED) is 0.883. The zero-order chi connectivity index (χ0) is 18.1. The number of aromatic nitrogens is 2. The fourth-order valence-electron chi connectivity index (χ4n) is 3.93. The zero-order valence-corrected chi connectivity index (χ0v) is 15.7. The van der Waals surface area contributed by atoms with Gasteiger partial charge in [-0.05, 0) is 62.8 Å². The van der Waals surface area contributed by atoms with Crippen LogP contribution in [-0.2, 0) is 16.1 Å². The molecule has 1 aromatic heterocycles. The van der Waals surface area contributed by atoms with Gasteiger partial charge in [0.25, 0.3) is 5.91 Å². The Morgan fingerprint density at radius 1 is 1.27 bits per heavy atom. The number of H-pyrrole nitrogens is 1. The van der Waals surface area contributed by atoms with Gasteiger partial charge in [0.1, 0.15) is 11.9 Å². The SMILES string of the molecule is Cc1cc2nc(CNC3CCN(C(=O)C4CCCO4)CC3)[nH]c2cc1C. The van der Waals surface area contributed by atoms with Crippen LogP contribution < -0.4 is 5.32 Å². The van der Waals surface area contributed by atoms with Crippen LogP contribution in [0.4, 0.5) is 0 Å². The van der Waals surface area contributed by atoms with Crippen molar-refractivity contribution in [2.24, 2.45) is 0 Å². The van der Waals surface area contributed by atoms with Crippen molar-refractivity contribution in [2.45, 2.75) is 58.2 Å². The number of piperidine rings is 1. The first-order valence-electron chi connectivity index (χ1n) is 9.70. The summed E-state index contributed by atoms with van der Waals surface area (Å²) in [4.78, 5) is 22.5. The molecule has 2 saturated heterocycles. The van der Waals surface area contributed by atoms with Crippen LogP contribution in [0.25, 0.3) is 11.0 Å². The Bertz CT molecular complexity index is 747. The highest BCUT2D eigenvalue weighted by molar-refractivity contribution is 5.81. The van der Waals surface area contributed by atoms with Crippen molar-refractivity contribution < 1.29 is 9.53 Å². The predicted molar refractivity (Wildman–Crippen MR) is 101 cm³/mol. The van der Waals surface area contributed by atoms with Crippen molar-refractivity contribution >= 4 is 16.9 Å². The van der Waals surface area contributed by atoms with Gasteiger partial charge >= 0.3 is 0 Å². The second kappa shape index (κ2) is 7.37. The second-order valence-corrected chi connectivity index (χ2v) is 7.62. The van der Waals surface area contributed by atoms with Crippen molar-refractivity contribution in [3.63, 3.8) is 0 Å². The van der Waals surface area contributed by atoms with E-state index in [1.165, 1.54) is 11.1 Å². The minimum Gasteiger partial charge on any atom is -0.368 e. The van der Waals surface area contributed by atoms with Gasteiger partial charge in [-0.2, -0.15) is 0 Å². The van der Waals surface area contributed by atoms with Gasteiger partial charge in [-0.25, -0.2) is 4.98 Å². The molecule has 1 atom stereocenters. The van der Waals surface area contributed by atoms with E-state index in [1.807, 2.05) is 4.90 Å². The van der Waals surface area contributed by atoms with Crippen LogP contribution in [0.5, 0.6) is 0 Å². The number of hydrogen-bond acceptors (Lipinski definition) is 4. The molecule has 0 saturated carbocycles. The van der Waals surface area contributed by atoms with Crippen LogP contribution in [0, 0.1) is 13.8 Å². The summed E-state index contributed by atoms with van der Waals surface area (Å²) >= 11 is 0. The molecule has 2 aliphatic rings. The molecule has 6 heteroatoms. The Hall–Kier alpha value is -1.92. The number of hydrogen-bond donors (Lipinski definition) is 2. The number of aryl methyl sites for hydroxylation is 2. The van der Waals surface area contributed by atoms with E-state index in [0.29, 0.717) is 6.04 Å². The fourth-order valence-corrected chi connectivity index (χ4v) is 3.93. The lowest BCUT2D eigenvalue weighted by atomic mass is 10.0. The summed E-state index contributed by atoms with van der Waals surface area (Å²) in [6.07, 6.45) is 3.66. The molecule has 2 aromatic rings. The molecule has 0 bridgehead atoms. The van der Waals surface area contributed by atoms with Crippen LogP contribution in [-0.4, -0.2) is 52.6 Å². The Balaban J connectivity index is 1.29. The first kappa shape index (κ1) is 17.5. The number of ether oxygens (including phenoxy) is 1. The number of aromatic amines is 1. The molecule has 1 unspecified atom stereocenters. The molecule has 2 fully saturated rings. The van der Waals surface area contributed by atoms with E-state index in [1.54, 1.807) is 0 Å². The predicted octanol–water partition coefficient (Wildman–Crippen LogP) is 2.44. The monoisotopic (exact) mass is 356 g/mol. The number of benzene rings is 1. The third-order valence-corrected chi connectivity index (χ3v) is 5.72. The van der Waals surface area contributed by atoms with Gasteiger partial charge in [-0.1, -0.05) is 0 Å². The minimum atomic E-state index is -0.193. The molecule has 1 aromatic carbocycles. The van der Waals surface area contributed by atoms with Crippen LogP contribution in [0.15, 0.2) is 12.1 Å². The third kappa shape index (κ3) is 3.62. The van der Waals surface area contributed by atoms with Crippen LogP contribution in [0.2, 0.25) is 0 Å². The van der Waals surface area contributed by atoms with Gasteiger partial charge in [0.05, 0.1) is 17.6 Å². The standard InChI is InChI=1S/C20H28N4O2/c1-13-10-16-17(11-14(13)2)23-19(22-16)12-21-15-5-7-24(8-6-15)20(25)18-4-3-9-26-18/h10-11,15,18,21H,3-9,12H2,1-2H3,(H,22,23). The third-order valence-electron chi connectivity index (χ3n) is 5.72. The number of imidazole rings is 1. The van der Waals surface area contributed by atoms with E-state index in [0.717, 1.165) is 68.8 Å². The summed E-state index contributed by atoms with van der Waals surface area (Å²) in [7, 11) is 0. The summed E-state index contributed by atoms with van der Waals surface area (Å²) in [6.45, 7) is 7.33. The van der Waals surface area contributed by atoms with Crippen LogP contribution >= 0.6 is 0 Å². The normalized spacial score (nSPS) is 21.6. The summed E-state index contributed by atoms with van der Waals surface area (Å²) in [5.74, 6) is 1.16. The van der Waals surface area contributed by atoms with Crippen LogP contribution in [0.1, 0.15) is 42.6 Å². The molecular formula is C20H28N4O2.